The molecular formula is C14H21N3O3S. The van der Waals surface area contributed by atoms with Crippen LogP contribution in [0.3, 0.4) is 0 Å². The van der Waals surface area contributed by atoms with Crippen LogP contribution < -0.4 is 5.32 Å². The number of fused-ring (bicyclic) bond motifs is 2. The van der Waals surface area contributed by atoms with E-state index in [-0.39, 0.29) is 23.1 Å². The Labute approximate surface area is 125 Å². The van der Waals surface area contributed by atoms with Crippen LogP contribution in [0.5, 0.6) is 0 Å². The van der Waals surface area contributed by atoms with Crippen molar-refractivity contribution >= 4 is 15.8 Å². The first-order valence-electron chi connectivity index (χ1n) is 7.44. The molecule has 2 atom stereocenters. The van der Waals surface area contributed by atoms with Gasteiger partial charge in [-0.3, -0.25) is 0 Å². The molecule has 1 aromatic rings. The number of pyridine rings is 1. The Morgan fingerprint density at radius 1 is 1.38 bits per heavy atom. The van der Waals surface area contributed by atoms with E-state index >= 15 is 0 Å². The van der Waals surface area contributed by atoms with E-state index in [1.54, 1.807) is 16.4 Å². The highest BCUT2D eigenvalue weighted by Gasteiger charge is 2.46. The van der Waals surface area contributed by atoms with Crippen molar-refractivity contribution in [3.05, 3.63) is 18.3 Å². The summed E-state index contributed by atoms with van der Waals surface area (Å²) in [5, 5.41) is 12.9. The van der Waals surface area contributed by atoms with Gasteiger partial charge in [-0.1, -0.05) is 0 Å². The number of aliphatic hydroxyl groups excluding tert-OH is 1. The Bertz CT molecular complexity index is 606. The summed E-state index contributed by atoms with van der Waals surface area (Å²) in [4.78, 5) is 4.40. The van der Waals surface area contributed by atoms with Crippen LogP contribution in [0.25, 0.3) is 0 Å². The van der Waals surface area contributed by atoms with Crippen molar-refractivity contribution in [2.45, 2.75) is 55.7 Å². The third-order valence-corrected chi connectivity index (χ3v) is 6.31. The smallest absolute Gasteiger partial charge is 0.243 e. The Morgan fingerprint density at radius 3 is 2.67 bits per heavy atom. The number of sulfonamides is 1. The molecule has 2 aliphatic rings. The Kier molecular flexibility index (Phi) is 3.90. The van der Waals surface area contributed by atoms with Gasteiger partial charge in [0.25, 0.3) is 0 Å². The van der Waals surface area contributed by atoms with Crippen LogP contribution in [0.1, 0.15) is 32.6 Å². The summed E-state index contributed by atoms with van der Waals surface area (Å²) in [5.41, 5.74) is 0. The molecule has 0 spiro atoms. The van der Waals surface area contributed by atoms with Crippen LogP contribution >= 0.6 is 0 Å². The van der Waals surface area contributed by atoms with Crippen LogP contribution in [-0.2, 0) is 10.0 Å². The van der Waals surface area contributed by atoms with Crippen LogP contribution in [0.2, 0.25) is 0 Å². The molecule has 1 aromatic heterocycles. The van der Waals surface area contributed by atoms with Gasteiger partial charge in [-0.2, -0.15) is 4.31 Å². The number of hydrogen-bond donors (Lipinski definition) is 2. The predicted molar refractivity (Wildman–Crippen MR) is 79.5 cm³/mol. The molecule has 2 aliphatic heterocycles. The van der Waals surface area contributed by atoms with Crippen molar-refractivity contribution in [3.63, 3.8) is 0 Å². The molecule has 0 saturated carbocycles. The van der Waals surface area contributed by atoms with Crippen LogP contribution in [0.4, 0.5) is 5.82 Å². The van der Waals surface area contributed by atoms with Crippen molar-refractivity contribution < 1.29 is 13.5 Å². The van der Waals surface area contributed by atoms with Crippen LogP contribution in [0, 0.1) is 0 Å². The molecule has 2 bridgehead atoms. The van der Waals surface area contributed by atoms with E-state index in [1.165, 1.54) is 6.20 Å². The second-order valence-corrected chi connectivity index (χ2v) is 7.60. The minimum Gasteiger partial charge on any atom is -0.393 e. The van der Waals surface area contributed by atoms with Gasteiger partial charge >= 0.3 is 0 Å². The molecule has 0 amide bonds. The molecule has 6 nitrogen and oxygen atoms in total. The summed E-state index contributed by atoms with van der Waals surface area (Å²) < 4.78 is 27.4. The summed E-state index contributed by atoms with van der Waals surface area (Å²) >= 11 is 0. The second kappa shape index (κ2) is 5.55. The first kappa shape index (κ1) is 14.7. The fourth-order valence-electron chi connectivity index (χ4n) is 3.47. The van der Waals surface area contributed by atoms with Gasteiger partial charge in [0.05, 0.1) is 11.0 Å². The first-order valence-corrected chi connectivity index (χ1v) is 8.88. The van der Waals surface area contributed by atoms with Gasteiger partial charge in [0, 0.05) is 30.9 Å². The molecule has 116 valence electrons. The second-order valence-electron chi connectivity index (χ2n) is 5.75. The Balaban J connectivity index is 1.92. The predicted octanol–water partition coefficient (Wildman–Crippen LogP) is 1.19. The summed E-state index contributed by atoms with van der Waals surface area (Å²) in [5.74, 6) is 0.572. The fourth-order valence-corrected chi connectivity index (χ4v) is 5.37. The van der Waals surface area contributed by atoms with E-state index in [4.69, 9.17) is 0 Å². The van der Waals surface area contributed by atoms with Gasteiger partial charge in [-0.25, -0.2) is 13.4 Å². The summed E-state index contributed by atoms with van der Waals surface area (Å²) in [6.45, 7) is 2.63. The molecule has 3 rings (SSSR count). The molecule has 2 N–H and O–H groups in total. The normalized spacial score (nSPS) is 29.5. The number of nitrogens with zero attached hydrogens (tertiary/aromatic N) is 2. The molecule has 2 unspecified atom stereocenters. The number of aromatic nitrogens is 1. The first-order chi connectivity index (χ1) is 10.0. The average molecular weight is 311 g/mol. The molecule has 0 radical (unpaired) electrons. The Morgan fingerprint density at radius 2 is 2.05 bits per heavy atom. The average Bonchev–Trinajstić information content (AvgIpc) is 2.73. The van der Waals surface area contributed by atoms with E-state index < -0.39 is 10.0 Å². The Hall–Kier alpha value is -1.18. The number of piperidine rings is 1. The van der Waals surface area contributed by atoms with Gasteiger partial charge in [0.1, 0.15) is 5.82 Å². The maximum atomic E-state index is 12.9. The zero-order valence-corrected chi connectivity index (χ0v) is 12.9. The third kappa shape index (κ3) is 2.65. The lowest BCUT2D eigenvalue weighted by Crippen LogP contribution is -2.47. The minimum atomic E-state index is -3.52. The zero-order valence-electron chi connectivity index (χ0n) is 12.1. The molecule has 0 aliphatic carbocycles. The van der Waals surface area contributed by atoms with Gasteiger partial charge in [-0.05, 0) is 38.7 Å². The van der Waals surface area contributed by atoms with E-state index in [2.05, 4.69) is 10.3 Å². The lowest BCUT2D eigenvalue weighted by molar-refractivity contribution is 0.0769. The molecule has 3 heterocycles. The van der Waals surface area contributed by atoms with Crippen LogP contribution in [-0.4, -0.2) is 47.5 Å². The van der Waals surface area contributed by atoms with Crippen molar-refractivity contribution in [3.8, 4) is 0 Å². The van der Waals surface area contributed by atoms with E-state index in [0.29, 0.717) is 25.2 Å². The molecule has 2 saturated heterocycles. The molecule has 2 fully saturated rings. The SMILES string of the molecule is CCNc1cc(S(=O)(=O)N2C3CCC2CC(O)C3)ccn1. The fraction of sp³-hybridized carbons (Fsp3) is 0.643. The number of anilines is 1. The lowest BCUT2D eigenvalue weighted by atomic mass is 10.0. The standard InChI is InChI=1S/C14H21N3O3S/c1-2-15-14-9-13(5-6-16-14)21(19,20)17-10-3-4-11(17)8-12(18)7-10/h5-6,9-12,18H,2-4,7-8H2,1H3,(H,15,16). The largest absolute Gasteiger partial charge is 0.393 e. The molecule has 0 aromatic carbocycles. The number of hydrogen-bond acceptors (Lipinski definition) is 5. The number of nitrogens with one attached hydrogen (secondary N) is 1. The lowest BCUT2D eigenvalue weighted by Gasteiger charge is -2.36. The third-order valence-electron chi connectivity index (χ3n) is 4.31. The van der Waals surface area contributed by atoms with Gasteiger partial charge in [-0.15, -0.1) is 0 Å². The highest BCUT2D eigenvalue weighted by atomic mass is 32.2. The van der Waals surface area contributed by atoms with E-state index in [1.807, 2.05) is 6.92 Å². The van der Waals surface area contributed by atoms with Crippen molar-refractivity contribution in [1.82, 2.24) is 9.29 Å². The van der Waals surface area contributed by atoms with Crippen molar-refractivity contribution in [2.75, 3.05) is 11.9 Å². The van der Waals surface area contributed by atoms with E-state index in [9.17, 15) is 13.5 Å². The van der Waals surface area contributed by atoms with Crippen molar-refractivity contribution in [2.24, 2.45) is 0 Å². The summed E-state index contributed by atoms with van der Waals surface area (Å²) in [7, 11) is -3.52. The summed E-state index contributed by atoms with van der Waals surface area (Å²) in [6.07, 6.45) is 3.91. The maximum absolute atomic E-state index is 12.9. The zero-order chi connectivity index (χ0) is 15.0. The number of aliphatic hydroxyl groups is 1. The monoisotopic (exact) mass is 311 g/mol. The summed E-state index contributed by atoms with van der Waals surface area (Å²) in [6, 6.07) is 2.99. The molecule has 7 heteroatoms. The highest BCUT2D eigenvalue weighted by molar-refractivity contribution is 7.89. The van der Waals surface area contributed by atoms with Gasteiger partial charge in [0.2, 0.25) is 10.0 Å². The maximum Gasteiger partial charge on any atom is 0.243 e. The number of rotatable bonds is 4. The molecule has 21 heavy (non-hydrogen) atoms. The quantitative estimate of drug-likeness (QED) is 0.873. The molecular weight excluding hydrogens is 290 g/mol. The van der Waals surface area contributed by atoms with Gasteiger partial charge in [0.15, 0.2) is 0 Å². The van der Waals surface area contributed by atoms with E-state index in [0.717, 1.165) is 12.8 Å². The highest BCUT2D eigenvalue weighted by Crippen LogP contribution is 2.39. The van der Waals surface area contributed by atoms with Crippen LogP contribution in [0.15, 0.2) is 23.2 Å². The van der Waals surface area contributed by atoms with Gasteiger partial charge < -0.3 is 10.4 Å². The minimum absolute atomic E-state index is 0.0699. The topological polar surface area (TPSA) is 82.5 Å². The van der Waals surface area contributed by atoms with Crippen molar-refractivity contribution in [1.29, 1.82) is 0 Å².